The van der Waals surface area contributed by atoms with E-state index in [0.717, 1.165) is 31.7 Å². The first-order chi connectivity index (χ1) is 10.1. The second kappa shape index (κ2) is 9.40. The van der Waals surface area contributed by atoms with Crippen LogP contribution in [0.1, 0.15) is 32.8 Å². The average molecular weight is 291 g/mol. The van der Waals surface area contributed by atoms with E-state index in [0.29, 0.717) is 12.5 Å². The molecule has 0 aliphatic rings. The lowest BCUT2D eigenvalue weighted by Crippen LogP contribution is -2.37. The molecule has 1 amide bonds. The molecule has 0 saturated heterocycles. The predicted molar refractivity (Wildman–Crippen MR) is 89.6 cm³/mol. The first-order valence-electron chi connectivity index (χ1n) is 7.82. The fraction of sp³-hybridized carbons (Fsp3) is 0.588. The van der Waals surface area contributed by atoms with Gasteiger partial charge < -0.3 is 15.5 Å². The lowest BCUT2D eigenvalue weighted by atomic mass is 10.1. The third-order valence-electron chi connectivity index (χ3n) is 3.31. The van der Waals surface area contributed by atoms with Crippen molar-refractivity contribution in [3.63, 3.8) is 0 Å². The number of nitrogens with zero attached hydrogens (tertiary/aromatic N) is 1. The van der Waals surface area contributed by atoms with Gasteiger partial charge in [0.15, 0.2) is 0 Å². The minimum Gasteiger partial charge on any atom is -0.362 e. The Morgan fingerprint density at radius 1 is 1.29 bits per heavy atom. The Bertz CT molecular complexity index is 432. The van der Waals surface area contributed by atoms with Crippen LogP contribution in [-0.2, 0) is 11.3 Å². The lowest BCUT2D eigenvalue weighted by molar-refractivity contribution is -0.119. The van der Waals surface area contributed by atoms with Crippen molar-refractivity contribution in [1.29, 1.82) is 0 Å². The average Bonchev–Trinajstić information content (AvgIpc) is 2.47. The number of rotatable bonds is 9. The van der Waals surface area contributed by atoms with Gasteiger partial charge in [-0.25, -0.2) is 0 Å². The standard InChI is InChI=1S/C17H29N3O/c1-5-10-20(13-17(21)18-4)16-9-7-6-8-15(16)12-19-11-14(2)3/h6-9,14,19H,5,10-13H2,1-4H3,(H,18,21). The summed E-state index contributed by atoms with van der Waals surface area (Å²) in [4.78, 5) is 13.9. The van der Waals surface area contributed by atoms with E-state index in [-0.39, 0.29) is 5.91 Å². The van der Waals surface area contributed by atoms with Gasteiger partial charge in [-0.3, -0.25) is 4.79 Å². The Hall–Kier alpha value is -1.55. The number of carbonyl (C=O) groups excluding carboxylic acids is 1. The van der Waals surface area contributed by atoms with Crippen LogP contribution in [0.3, 0.4) is 0 Å². The Morgan fingerprint density at radius 3 is 2.62 bits per heavy atom. The van der Waals surface area contributed by atoms with Crippen molar-refractivity contribution >= 4 is 11.6 Å². The highest BCUT2D eigenvalue weighted by Crippen LogP contribution is 2.20. The number of likely N-dealkylation sites (N-methyl/N-ethyl adjacent to an activating group) is 1. The van der Waals surface area contributed by atoms with E-state index in [2.05, 4.69) is 54.5 Å². The molecule has 118 valence electrons. The molecule has 21 heavy (non-hydrogen) atoms. The number of nitrogens with one attached hydrogen (secondary N) is 2. The van der Waals surface area contributed by atoms with E-state index < -0.39 is 0 Å². The molecule has 0 bridgehead atoms. The highest BCUT2D eigenvalue weighted by Gasteiger charge is 2.13. The van der Waals surface area contributed by atoms with Gasteiger partial charge in [0.2, 0.25) is 5.91 Å². The number of anilines is 1. The molecule has 4 heteroatoms. The molecule has 0 aromatic heterocycles. The molecule has 4 nitrogen and oxygen atoms in total. The summed E-state index contributed by atoms with van der Waals surface area (Å²) in [5, 5.41) is 6.18. The van der Waals surface area contributed by atoms with E-state index in [1.54, 1.807) is 7.05 Å². The van der Waals surface area contributed by atoms with Crippen molar-refractivity contribution in [2.45, 2.75) is 33.7 Å². The van der Waals surface area contributed by atoms with Gasteiger partial charge in [0.25, 0.3) is 0 Å². The van der Waals surface area contributed by atoms with Crippen molar-refractivity contribution in [2.24, 2.45) is 5.92 Å². The maximum absolute atomic E-state index is 11.7. The largest absolute Gasteiger partial charge is 0.362 e. The molecule has 1 rings (SSSR count). The molecule has 0 spiro atoms. The van der Waals surface area contributed by atoms with Crippen LogP contribution in [0.5, 0.6) is 0 Å². The van der Waals surface area contributed by atoms with Crippen LogP contribution in [0.4, 0.5) is 5.69 Å². The molecule has 0 atom stereocenters. The van der Waals surface area contributed by atoms with Crippen molar-refractivity contribution in [2.75, 3.05) is 31.6 Å². The fourth-order valence-electron chi connectivity index (χ4n) is 2.27. The Kier molecular flexibility index (Phi) is 7.83. The third kappa shape index (κ3) is 6.17. The highest BCUT2D eigenvalue weighted by atomic mass is 16.1. The lowest BCUT2D eigenvalue weighted by Gasteiger charge is -2.26. The van der Waals surface area contributed by atoms with Gasteiger partial charge in [0.1, 0.15) is 0 Å². The van der Waals surface area contributed by atoms with Crippen molar-refractivity contribution < 1.29 is 4.79 Å². The summed E-state index contributed by atoms with van der Waals surface area (Å²) < 4.78 is 0. The zero-order valence-corrected chi connectivity index (χ0v) is 13.8. The van der Waals surface area contributed by atoms with Crippen molar-refractivity contribution in [1.82, 2.24) is 10.6 Å². The normalized spacial score (nSPS) is 10.7. The summed E-state index contributed by atoms with van der Waals surface area (Å²) in [5.41, 5.74) is 2.40. The van der Waals surface area contributed by atoms with Crippen LogP contribution >= 0.6 is 0 Å². The van der Waals surface area contributed by atoms with E-state index in [1.165, 1.54) is 5.56 Å². The number of amides is 1. The number of para-hydroxylation sites is 1. The summed E-state index contributed by atoms with van der Waals surface area (Å²) >= 11 is 0. The molecule has 0 heterocycles. The molecule has 0 aliphatic carbocycles. The molecular weight excluding hydrogens is 262 g/mol. The third-order valence-corrected chi connectivity index (χ3v) is 3.31. The first-order valence-corrected chi connectivity index (χ1v) is 7.82. The number of benzene rings is 1. The molecule has 0 aliphatic heterocycles. The van der Waals surface area contributed by atoms with Crippen LogP contribution in [0.15, 0.2) is 24.3 Å². The monoisotopic (exact) mass is 291 g/mol. The summed E-state index contributed by atoms with van der Waals surface area (Å²) in [6, 6.07) is 8.33. The molecule has 2 N–H and O–H groups in total. The Labute approximate surface area is 128 Å². The maximum atomic E-state index is 11.7. The van der Waals surface area contributed by atoms with Crippen LogP contribution in [0.25, 0.3) is 0 Å². The van der Waals surface area contributed by atoms with Crippen molar-refractivity contribution in [3.8, 4) is 0 Å². The van der Waals surface area contributed by atoms with E-state index in [9.17, 15) is 4.79 Å². The fourth-order valence-corrected chi connectivity index (χ4v) is 2.27. The summed E-state index contributed by atoms with van der Waals surface area (Å²) in [5.74, 6) is 0.683. The zero-order chi connectivity index (χ0) is 15.7. The number of hydrogen-bond donors (Lipinski definition) is 2. The Morgan fingerprint density at radius 2 is 2.00 bits per heavy atom. The second-order valence-corrected chi connectivity index (χ2v) is 5.75. The minimum atomic E-state index is 0.0494. The number of hydrogen-bond acceptors (Lipinski definition) is 3. The van der Waals surface area contributed by atoms with Gasteiger partial charge >= 0.3 is 0 Å². The van der Waals surface area contributed by atoms with Gasteiger partial charge in [0, 0.05) is 25.8 Å². The Balaban J connectivity index is 2.83. The highest BCUT2D eigenvalue weighted by molar-refractivity contribution is 5.81. The second-order valence-electron chi connectivity index (χ2n) is 5.75. The van der Waals surface area contributed by atoms with Gasteiger partial charge in [-0.05, 0) is 30.5 Å². The minimum absolute atomic E-state index is 0.0494. The molecule has 0 fully saturated rings. The van der Waals surface area contributed by atoms with E-state index in [1.807, 2.05) is 6.07 Å². The van der Waals surface area contributed by atoms with Gasteiger partial charge in [-0.15, -0.1) is 0 Å². The molecular formula is C17H29N3O. The number of carbonyl (C=O) groups is 1. The smallest absolute Gasteiger partial charge is 0.239 e. The topological polar surface area (TPSA) is 44.4 Å². The molecule has 0 saturated carbocycles. The van der Waals surface area contributed by atoms with Crippen molar-refractivity contribution in [3.05, 3.63) is 29.8 Å². The summed E-state index contributed by atoms with van der Waals surface area (Å²) in [7, 11) is 1.68. The maximum Gasteiger partial charge on any atom is 0.239 e. The molecule has 1 aromatic carbocycles. The van der Waals surface area contributed by atoms with Gasteiger partial charge in [0.05, 0.1) is 6.54 Å². The van der Waals surface area contributed by atoms with Crippen LogP contribution in [0.2, 0.25) is 0 Å². The molecule has 1 aromatic rings. The van der Waals surface area contributed by atoms with E-state index in [4.69, 9.17) is 0 Å². The summed E-state index contributed by atoms with van der Waals surface area (Å²) in [6.07, 6.45) is 1.02. The SMILES string of the molecule is CCCN(CC(=O)NC)c1ccccc1CNCC(C)C. The predicted octanol–water partition coefficient (Wildman–Crippen LogP) is 2.39. The zero-order valence-electron chi connectivity index (χ0n) is 13.8. The van der Waals surface area contributed by atoms with Crippen LogP contribution in [0, 0.1) is 5.92 Å². The van der Waals surface area contributed by atoms with Gasteiger partial charge in [-0.2, -0.15) is 0 Å². The van der Waals surface area contributed by atoms with Crippen LogP contribution < -0.4 is 15.5 Å². The van der Waals surface area contributed by atoms with Gasteiger partial charge in [-0.1, -0.05) is 39.0 Å². The quantitative estimate of drug-likeness (QED) is 0.734. The first kappa shape index (κ1) is 17.5. The summed E-state index contributed by atoms with van der Waals surface area (Å²) in [6.45, 7) is 9.66. The molecule has 0 radical (unpaired) electrons. The van der Waals surface area contributed by atoms with E-state index >= 15 is 0 Å². The van der Waals surface area contributed by atoms with Crippen LogP contribution in [-0.4, -0.2) is 32.6 Å². The molecule has 0 unspecified atom stereocenters.